The number of nitrogens with one attached hydrogen (secondary N) is 1. The summed E-state index contributed by atoms with van der Waals surface area (Å²) in [5, 5.41) is 12.7. The van der Waals surface area contributed by atoms with Crippen molar-refractivity contribution >= 4 is 17.0 Å². The zero-order chi connectivity index (χ0) is 20.1. The highest BCUT2D eigenvalue weighted by atomic mass is 19.4. The summed E-state index contributed by atoms with van der Waals surface area (Å²) >= 11 is 0. The molecule has 0 radical (unpaired) electrons. The molecule has 4 rings (SSSR count). The van der Waals surface area contributed by atoms with Crippen molar-refractivity contribution in [3.63, 3.8) is 0 Å². The van der Waals surface area contributed by atoms with Crippen molar-refractivity contribution < 1.29 is 23.1 Å². The Bertz CT molecular complexity index is 1070. The van der Waals surface area contributed by atoms with Gasteiger partial charge in [-0.2, -0.15) is 18.3 Å². The molecule has 3 heterocycles. The number of alkyl halides is 3. The van der Waals surface area contributed by atoms with Crippen molar-refractivity contribution in [1.29, 1.82) is 0 Å². The van der Waals surface area contributed by atoms with Crippen molar-refractivity contribution in [2.24, 2.45) is 0 Å². The predicted octanol–water partition coefficient (Wildman–Crippen LogP) is 4.11. The number of aromatic nitrogens is 4. The van der Waals surface area contributed by atoms with Gasteiger partial charge in [-0.3, -0.25) is 4.68 Å². The van der Waals surface area contributed by atoms with Crippen LogP contribution in [0.4, 0.5) is 13.2 Å². The quantitative estimate of drug-likeness (QED) is 0.553. The van der Waals surface area contributed by atoms with Crippen LogP contribution in [0.25, 0.3) is 22.2 Å². The summed E-state index contributed by atoms with van der Waals surface area (Å²) in [4.78, 5) is 16.4. The molecule has 0 saturated carbocycles. The number of carboxylic acids is 1. The van der Waals surface area contributed by atoms with E-state index in [1.165, 1.54) is 5.56 Å². The second-order valence-corrected chi connectivity index (χ2v) is 5.81. The lowest BCUT2D eigenvalue weighted by atomic mass is 10.1. The van der Waals surface area contributed by atoms with Crippen molar-refractivity contribution in [2.45, 2.75) is 12.7 Å². The zero-order valence-corrected chi connectivity index (χ0v) is 14.4. The van der Waals surface area contributed by atoms with Gasteiger partial charge < -0.3 is 10.1 Å². The number of rotatable bonds is 3. The van der Waals surface area contributed by atoms with Gasteiger partial charge in [-0.15, -0.1) is 0 Å². The normalized spacial score (nSPS) is 11.1. The van der Waals surface area contributed by atoms with E-state index >= 15 is 0 Å². The highest BCUT2D eigenvalue weighted by Crippen LogP contribution is 2.26. The molecule has 0 saturated heterocycles. The van der Waals surface area contributed by atoms with Gasteiger partial charge in [-0.25, -0.2) is 9.78 Å². The molecule has 0 spiro atoms. The average Bonchev–Trinajstić information content (AvgIpc) is 3.31. The molecule has 6 nitrogen and oxygen atoms in total. The Morgan fingerprint density at radius 1 is 1.14 bits per heavy atom. The molecule has 2 N–H and O–H groups in total. The van der Waals surface area contributed by atoms with Crippen LogP contribution < -0.4 is 0 Å². The van der Waals surface area contributed by atoms with E-state index in [0.29, 0.717) is 0 Å². The Kier molecular flexibility index (Phi) is 5.44. The first-order chi connectivity index (χ1) is 13.3. The zero-order valence-electron chi connectivity index (χ0n) is 14.4. The second kappa shape index (κ2) is 7.95. The van der Waals surface area contributed by atoms with E-state index in [-0.39, 0.29) is 0 Å². The van der Waals surface area contributed by atoms with Gasteiger partial charge in [0.25, 0.3) is 0 Å². The van der Waals surface area contributed by atoms with Crippen molar-refractivity contribution in [3.8, 4) is 11.1 Å². The van der Waals surface area contributed by atoms with E-state index in [1.54, 1.807) is 0 Å². The first-order valence-corrected chi connectivity index (χ1v) is 8.13. The van der Waals surface area contributed by atoms with Crippen molar-refractivity contribution in [3.05, 3.63) is 72.8 Å². The second-order valence-electron chi connectivity index (χ2n) is 5.81. The van der Waals surface area contributed by atoms with Crippen LogP contribution in [0.15, 0.2) is 67.3 Å². The number of pyridine rings is 1. The molecule has 9 heteroatoms. The molecule has 0 bridgehead atoms. The molecule has 1 aromatic carbocycles. The smallest absolute Gasteiger partial charge is 0.475 e. The maximum absolute atomic E-state index is 10.6. The van der Waals surface area contributed by atoms with Gasteiger partial charge in [0.05, 0.1) is 12.7 Å². The summed E-state index contributed by atoms with van der Waals surface area (Å²) in [6.45, 7) is 0.780. The topological polar surface area (TPSA) is 83.8 Å². The van der Waals surface area contributed by atoms with Gasteiger partial charge in [-0.1, -0.05) is 30.3 Å². The van der Waals surface area contributed by atoms with E-state index in [9.17, 15) is 13.2 Å². The summed E-state index contributed by atoms with van der Waals surface area (Å²) in [5.41, 5.74) is 4.41. The summed E-state index contributed by atoms with van der Waals surface area (Å²) in [6.07, 6.45) is 2.64. The van der Waals surface area contributed by atoms with Gasteiger partial charge >= 0.3 is 12.1 Å². The Balaban J connectivity index is 0.000000279. The maximum Gasteiger partial charge on any atom is 0.490 e. The Morgan fingerprint density at radius 3 is 2.54 bits per heavy atom. The number of H-pyrrole nitrogens is 1. The lowest BCUT2D eigenvalue weighted by Crippen LogP contribution is -2.21. The minimum Gasteiger partial charge on any atom is -0.475 e. The molecule has 3 aromatic heterocycles. The molecule has 0 unspecified atom stereocenters. The molecule has 0 aliphatic heterocycles. The van der Waals surface area contributed by atoms with E-state index in [4.69, 9.17) is 9.90 Å². The number of carboxylic acid groups (broad SMARTS) is 1. The lowest BCUT2D eigenvalue weighted by molar-refractivity contribution is -0.192. The van der Waals surface area contributed by atoms with Crippen LogP contribution in [0, 0.1) is 0 Å². The van der Waals surface area contributed by atoms with Crippen LogP contribution in [0.1, 0.15) is 5.56 Å². The minimum atomic E-state index is -5.08. The van der Waals surface area contributed by atoms with Crippen molar-refractivity contribution in [1.82, 2.24) is 19.7 Å². The number of halogens is 3. The standard InChI is InChI=1S/C17H14N4.C2HF3O2/c1-2-4-13(5-3-1)11-21-12-14(10-20-21)15-6-8-18-17-16(15)7-9-19-17;3-2(4,5)1(6)7/h1-10,12H,11H2,(H,18,19);(H,6,7). The number of carbonyl (C=O) groups is 1. The van der Waals surface area contributed by atoms with E-state index in [1.807, 2.05) is 53.6 Å². The maximum atomic E-state index is 10.6. The van der Waals surface area contributed by atoms with Crippen LogP contribution in [0.5, 0.6) is 0 Å². The number of aliphatic carboxylic acids is 1. The first-order valence-electron chi connectivity index (χ1n) is 8.13. The number of nitrogens with zero attached hydrogens (tertiary/aromatic N) is 3. The third-order valence-corrected chi connectivity index (χ3v) is 3.83. The summed E-state index contributed by atoms with van der Waals surface area (Å²) in [7, 11) is 0. The Morgan fingerprint density at radius 2 is 1.86 bits per heavy atom. The molecule has 28 heavy (non-hydrogen) atoms. The highest BCUT2D eigenvalue weighted by Gasteiger charge is 2.38. The van der Waals surface area contributed by atoms with Gasteiger partial charge in [-0.05, 0) is 23.3 Å². The number of fused-ring (bicyclic) bond motifs is 1. The van der Waals surface area contributed by atoms with Crippen LogP contribution in [0.2, 0.25) is 0 Å². The fourth-order valence-electron chi connectivity index (χ4n) is 2.57. The number of benzene rings is 1. The molecular formula is C19H15F3N4O2. The predicted molar refractivity (Wildman–Crippen MR) is 96.5 cm³/mol. The van der Waals surface area contributed by atoms with Gasteiger partial charge in [0, 0.05) is 29.5 Å². The molecule has 0 fully saturated rings. The van der Waals surface area contributed by atoms with E-state index < -0.39 is 12.1 Å². The molecule has 0 amide bonds. The fraction of sp³-hybridized carbons (Fsp3) is 0.105. The largest absolute Gasteiger partial charge is 0.490 e. The van der Waals surface area contributed by atoms with Crippen molar-refractivity contribution in [2.75, 3.05) is 0 Å². The highest BCUT2D eigenvalue weighted by molar-refractivity contribution is 5.92. The molecule has 0 aliphatic rings. The first kappa shape index (κ1) is 19.2. The van der Waals surface area contributed by atoms with Gasteiger partial charge in [0.2, 0.25) is 0 Å². The van der Waals surface area contributed by atoms with Gasteiger partial charge in [0.15, 0.2) is 0 Å². The summed E-state index contributed by atoms with van der Waals surface area (Å²) in [6, 6.07) is 14.4. The van der Waals surface area contributed by atoms with Gasteiger partial charge in [0.1, 0.15) is 5.65 Å². The number of hydrogen-bond donors (Lipinski definition) is 2. The van der Waals surface area contributed by atoms with Crippen LogP contribution in [-0.2, 0) is 11.3 Å². The molecule has 144 valence electrons. The third-order valence-electron chi connectivity index (χ3n) is 3.83. The number of hydrogen-bond acceptors (Lipinski definition) is 3. The van der Waals surface area contributed by atoms with E-state index in [2.05, 4.69) is 33.4 Å². The Labute approximate surface area is 157 Å². The Hall–Kier alpha value is -3.62. The SMILES string of the molecule is O=C(O)C(F)(F)F.c1ccc(Cn2cc(-c3ccnc4[nH]ccc34)cn2)cc1. The monoisotopic (exact) mass is 388 g/mol. The lowest BCUT2D eigenvalue weighted by Gasteiger charge is -2.01. The molecule has 4 aromatic rings. The molecule has 0 atom stereocenters. The van der Waals surface area contributed by atoms with Crippen LogP contribution in [-0.4, -0.2) is 37.0 Å². The molecular weight excluding hydrogens is 373 g/mol. The summed E-state index contributed by atoms with van der Waals surface area (Å²) < 4.78 is 33.7. The van der Waals surface area contributed by atoms with Crippen LogP contribution >= 0.6 is 0 Å². The number of aromatic amines is 1. The minimum absolute atomic E-state index is 0.780. The summed E-state index contributed by atoms with van der Waals surface area (Å²) in [5.74, 6) is -2.76. The fourth-order valence-corrected chi connectivity index (χ4v) is 2.57. The average molecular weight is 388 g/mol. The van der Waals surface area contributed by atoms with E-state index in [0.717, 1.165) is 28.7 Å². The molecule has 0 aliphatic carbocycles. The van der Waals surface area contributed by atoms with Crippen LogP contribution in [0.3, 0.4) is 0 Å². The third kappa shape index (κ3) is 4.56.